The summed E-state index contributed by atoms with van der Waals surface area (Å²) in [4.78, 5) is 4.75. The van der Waals surface area contributed by atoms with Crippen LogP contribution in [0.5, 0.6) is 0 Å². The lowest BCUT2D eigenvalue weighted by Crippen LogP contribution is -2.35. The van der Waals surface area contributed by atoms with Gasteiger partial charge in [-0.15, -0.1) is 11.8 Å². The highest BCUT2D eigenvalue weighted by Crippen LogP contribution is 2.43. The van der Waals surface area contributed by atoms with Gasteiger partial charge in [0.25, 0.3) is 0 Å². The van der Waals surface area contributed by atoms with Gasteiger partial charge < -0.3 is 9.84 Å². The number of hydrogen-bond donors (Lipinski definition) is 1. The van der Waals surface area contributed by atoms with Crippen LogP contribution in [0.15, 0.2) is 4.52 Å². The molecule has 0 aromatic carbocycles. The molecule has 6 heteroatoms. The van der Waals surface area contributed by atoms with Crippen LogP contribution in [-0.2, 0) is 0 Å². The summed E-state index contributed by atoms with van der Waals surface area (Å²) in [6.07, 6.45) is 3.39. The molecular weight excluding hydrogens is 290 g/mol. The molecule has 0 saturated carbocycles. The van der Waals surface area contributed by atoms with Gasteiger partial charge in [-0.25, -0.2) is 0 Å². The lowest BCUT2D eigenvalue weighted by atomic mass is 9.93. The van der Waals surface area contributed by atoms with E-state index in [1.54, 1.807) is 0 Å². The minimum Gasteiger partial charge on any atom is -0.339 e. The summed E-state index contributed by atoms with van der Waals surface area (Å²) in [6, 6.07) is 0.548. The maximum atomic E-state index is 5.59. The number of piperidine rings is 1. The minimum atomic E-state index is 0.412. The standard InChI is InChI=1S/C14H23N3OS2/c1-3-11-12(20-7-6-19-11)13-16-14(18-17-13)10-4-5-15-9(2)8-10/h9-12,15H,3-8H2,1-2H3. The third-order valence-corrected chi connectivity index (χ3v) is 7.38. The van der Waals surface area contributed by atoms with Crippen molar-refractivity contribution in [1.82, 2.24) is 15.5 Å². The number of hydrogen-bond acceptors (Lipinski definition) is 6. The largest absolute Gasteiger partial charge is 0.339 e. The normalized spacial score (nSPS) is 35.1. The van der Waals surface area contributed by atoms with Crippen LogP contribution >= 0.6 is 23.5 Å². The zero-order valence-electron chi connectivity index (χ0n) is 12.2. The van der Waals surface area contributed by atoms with Crippen molar-refractivity contribution < 1.29 is 4.52 Å². The van der Waals surface area contributed by atoms with Crippen LogP contribution in [0.1, 0.15) is 56.0 Å². The fourth-order valence-corrected chi connectivity index (χ4v) is 6.01. The molecule has 20 heavy (non-hydrogen) atoms. The number of thioether (sulfide) groups is 2. The van der Waals surface area contributed by atoms with E-state index < -0.39 is 0 Å². The molecule has 2 fully saturated rings. The Balaban J connectivity index is 1.72. The highest BCUT2D eigenvalue weighted by Gasteiger charge is 2.32. The Labute approximate surface area is 129 Å². The molecule has 0 aliphatic carbocycles. The maximum Gasteiger partial charge on any atom is 0.229 e. The van der Waals surface area contributed by atoms with Crippen molar-refractivity contribution >= 4 is 23.5 Å². The third-order valence-electron chi connectivity index (χ3n) is 4.14. The van der Waals surface area contributed by atoms with Gasteiger partial charge >= 0.3 is 0 Å². The molecule has 0 amide bonds. The van der Waals surface area contributed by atoms with Crippen molar-refractivity contribution in [2.75, 3.05) is 18.1 Å². The fraction of sp³-hybridized carbons (Fsp3) is 0.857. The Morgan fingerprint density at radius 1 is 1.35 bits per heavy atom. The Kier molecular flexibility index (Phi) is 4.94. The van der Waals surface area contributed by atoms with Crippen LogP contribution in [0, 0.1) is 0 Å². The molecule has 2 aliphatic rings. The topological polar surface area (TPSA) is 51.0 Å². The molecular formula is C14H23N3OS2. The first-order valence-corrected chi connectivity index (χ1v) is 9.67. The van der Waals surface area contributed by atoms with E-state index in [-0.39, 0.29) is 0 Å². The summed E-state index contributed by atoms with van der Waals surface area (Å²) in [5.74, 6) is 4.67. The van der Waals surface area contributed by atoms with Crippen LogP contribution in [-0.4, -0.2) is 39.5 Å². The predicted molar refractivity (Wildman–Crippen MR) is 85.5 cm³/mol. The van der Waals surface area contributed by atoms with Gasteiger partial charge in [0.1, 0.15) is 0 Å². The smallest absolute Gasteiger partial charge is 0.229 e. The lowest BCUT2D eigenvalue weighted by Gasteiger charge is -2.27. The highest BCUT2D eigenvalue weighted by molar-refractivity contribution is 8.06. The van der Waals surface area contributed by atoms with Crippen molar-refractivity contribution in [2.24, 2.45) is 0 Å². The molecule has 1 N–H and O–H groups in total. The fourth-order valence-electron chi connectivity index (χ4n) is 3.03. The lowest BCUT2D eigenvalue weighted by molar-refractivity contribution is 0.294. The van der Waals surface area contributed by atoms with E-state index in [0.29, 0.717) is 22.5 Å². The molecule has 4 nitrogen and oxygen atoms in total. The number of rotatable bonds is 3. The first kappa shape index (κ1) is 14.7. The molecule has 4 unspecified atom stereocenters. The molecule has 3 rings (SSSR count). The molecule has 112 valence electrons. The molecule has 2 saturated heterocycles. The van der Waals surface area contributed by atoms with E-state index in [4.69, 9.17) is 9.51 Å². The second-order valence-corrected chi connectivity index (χ2v) is 8.27. The Morgan fingerprint density at radius 3 is 3.00 bits per heavy atom. The van der Waals surface area contributed by atoms with Crippen molar-refractivity contribution in [3.63, 3.8) is 0 Å². The summed E-state index contributed by atoms with van der Waals surface area (Å²) in [6.45, 7) is 5.53. The molecule has 4 atom stereocenters. The number of nitrogens with one attached hydrogen (secondary N) is 1. The van der Waals surface area contributed by atoms with Crippen molar-refractivity contribution in [3.05, 3.63) is 11.7 Å². The van der Waals surface area contributed by atoms with Gasteiger partial charge in [0.2, 0.25) is 5.89 Å². The van der Waals surface area contributed by atoms with E-state index in [1.807, 2.05) is 11.8 Å². The zero-order chi connectivity index (χ0) is 13.9. The zero-order valence-corrected chi connectivity index (χ0v) is 13.8. The van der Waals surface area contributed by atoms with Crippen LogP contribution in [0.4, 0.5) is 0 Å². The average molecular weight is 313 g/mol. The van der Waals surface area contributed by atoms with Gasteiger partial charge in [0, 0.05) is 28.7 Å². The summed E-state index contributed by atoms with van der Waals surface area (Å²) >= 11 is 4.05. The van der Waals surface area contributed by atoms with Crippen molar-refractivity contribution in [3.8, 4) is 0 Å². The number of nitrogens with zero attached hydrogens (tertiary/aromatic N) is 2. The van der Waals surface area contributed by atoms with Crippen LogP contribution in [0.2, 0.25) is 0 Å². The quantitative estimate of drug-likeness (QED) is 0.924. The van der Waals surface area contributed by atoms with Crippen LogP contribution in [0.3, 0.4) is 0 Å². The molecule has 0 spiro atoms. The Bertz CT molecular complexity index is 440. The Hall–Kier alpha value is -0.200. The van der Waals surface area contributed by atoms with E-state index in [2.05, 4.69) is 36.1 Å². The van der Waals surface area contributed by atoms with Crippen LogP contribution < -0.4 is 5.32 Å². The molecule has 1 aromatic heterocycles. The summed E-state index contributed by atoms with van der Waals surface area (Å²) in [7, 11) is 0. The van der Waals surface area contributed by atoms with Crippen LogP contribution in [0.25, 0.3) is 0 Å². The Morgan fingerprint density at radius 2 is 2.20 bits per heavy atom. The number of aromatic nitrogens is 2. The first-order valence-electron chi connectivity index (χ1n) is 7.58. The molecule has 0 radical (unpaired) electrons. The monoisotopic (exact) mass is 313 g/mol. The van der Waals surface area contributed by atoms with Gasteiger partial charge in [0.15, 0.2) is 5.82 Å². The van der Waals surface area contributed by atoms with Crippen molar-refractivity contribution in [2.45, 2.75) is 55.6 Å². The minimum absolute atomic E-state index is 0.412. The first-order chi connectivity index (χ1) is 9.78. The summed E-state index contributed by atoms with van der Waals surface area (Å²) in [5, 5.41) is 8.81. The summed E-state index contributed by atoms with van der Waals surface area (Å²) in [5.41, 5.74) is 0. The third kappa shape index (κ3) is 3.17. The molecule has 2 aliphatic heterocycles. The second-order valence-electron chi connectivity index (χ2n) is 5.68. The highest BCUT2D eigenvalue weighted by atomic mass is 32.2. The van der Waals surface area contributed by atoms with E-state index in [1.165, 1.54) is 17.9 Å². The maximum absolute atomic E-state index is 5.59. The van der Waals surface area contributed by atoms with E-state index in [0.717, 1.165) is 31.1 Å². The average Bonchev–Trinajstić information content (AvgIpc) is 2.97. The van der Waals surface area contributed by atoms with Gasteiger partial charge in [-0.1, -0.05) is 12.1 Å². The van der Waals surface area contributed by atoms with Gasteiger partial charge in [-0.2, -0.15) is 16.7 Å². The summed E-state index contributed by atoms with van der Waals surface area (Å²) < 4.78 is 5.59. The van der Waals surface area contributed by atoms with Gasteiger partial charge in [0.05, 0.1) is 5.25 Å². The van der Waals surface area contributed by atoms with Gasteiger partial charge in [-0.3, -0.25) is 0 Å². The molecule has 1 aromatic rings. The molecule has 3 heterocycles. The molecule has 0 bridgehead atoms. The van der Waals surface area contributed by atoms with E-state index >= 15 is 0 Å². The van der Waals surface area contributed by atoms with E-state index in [9.17, 15) is 0 Å². The van der Waals surface area contributed by atoms with Gasteiger partial charge in [-0.05, 0) is 32.7 Å². The second kappa shape index (κ2) is 6.71. The SMILES string of the molecule is CCC1SCCSC1c1noc(C2CCNC(C)C2)n1. The predicted octanol–water partition coefficient (Wildman–Crippen LogP) is 3.22. The van der Waals surface area contributed by atoms with Crippen molar-refractivity contribution in [1.29, 1.82) is 0 Å².